The van der Waals surface area contributed by atoms with Crippen LogP contribution in [-0.4, -0.2) is 9.97 Å². The largest absolute Gasteiger partial charge is 2.00 e. The zero-order chi connectivity index (χ0) is 31.6. The predicted octanol–water partition coefficient (Wildman–Crippen LogP) is 10.7. The van der Waals surface area contributed by atoms with Crippen molar-refractivity contribution >= 4 is 0 Å². The van der Waals surface area contributed by atoms with Crippen molar-refractivity contribution in [2.75, 3.05) is 0 Å². The van der Waals surface area contributed by atoms with Gasteiger partial charge in [0.15, 0.2) is 0 Å². The molecule has 2 aromatic heterocycles. The van der Waals surface area contributed by atoms with Gasteiger partial charge in [0.05, 0.1) is 5.69 Å². The molecule has 250 valence electrons. The van der Waals surface area contributed by atoms with Crippen molar-refractivity contribution in [3.63, 3.8) is 0 Å². The Morgan fingerprint density at radius 2 is 1.12 bits per heavy atom. The van der Waals surface area contributed by atoms with E-state index in [-0.39, 0.29) is 26.5 Å². The Bertz CT molecular complexity index is 1660. The van der Waals surface area contributed by atoms with Crippen molar-refractivity contribution < 1.29 is 21.1 Å². The molecule has 4 aromatic rings. The third-order valence-electron chi connectivity index (χ3n) is 13.8. The molecule has 3 heteroatoms. The average Bonchev–Trinajstić information content (AvgIpc) is 3.08. The van der Waals surface area contributed by atoms with Gasteiger partial charge in [-0.2, -0.15) is 35.9 Å². The summed E-state index contributed by atoms with van der Waals surface area (Å²) >= 11 is 0. The molecule has 8 aliphatic carbocycles. The van der Waals surface area contributed by atoms with Gasteiger partial charge in [0.2, 0.25) is 0 Å². The first kappa shape index (κ1) is 32.6. The maximum absolute atomic E-state index is 5.11. The molecule has 0 saturated heterocycles. The number of hydrogen-bond acceptors (Lipinski definition) is 2. The van der Waals surface area contributed by atoms with E-state index in [1.807, 2.05) is 12.3 Å². The smallest absolute Gasteiger partial charge is 0.300 e. The summed E-state index contributed by atoms with van der Waals surface area (Å²) in [6, 6.07) is 34.9. The molecule has 0 spiro atoms. The number of pyridine rings is 2. The van der Waals surface area contributed by atoms with E-state index in [1.165, 1.54) is 82.6 Å². The first-order valence-corrected chi connectivity index (χ1v) is 18.7. The van der Waals surface area contributed by atoms with E-state index < -0.39 is 0 Å². The Labute approximate surface area is 303 Å². The zero-order valence-corrected chi connectivity index (χ0v) is 31.0. The Hall–Kier alpha value is -2.57. The summed E-state index contributed by atoms with van der Waals surface area (Å²) in [7, 11) is 0. The molecule has 48 heavy (non-hydrogen) atoms. The minimum absolute atomic E-state index is 0. The summed E-state index contributed by atoms with van der Waals surface area (Å²) in [4.78, 5) is 9.71. The quantitative estimate of drug-likeness (QED) is 0.188. The van der Waals surface area contributed by atoms with Crippen molar-refractivity contribution in [3.8, 4) is 11.3 Å². The van der Waals surface area contributed by atoms with Crippen LogP contribution in [0, 0.1) is 47.6 Å². The van der Waals surface area contributed by atoms with Crippen molar-refractivity contribution in [1.29, 1.82) is 0 Å². The number of rotatable bonds is 5. The van der Waals surface area contributed by atoms with Gasteiger partial charge in [0.25, 0.3) is 0 Å². The average molecular weight is 814 g/mol. The van der Waals surface area contributed by atoms with Crippen LogP contribution < -0.4 is 0 Å². The van der Waals surface area contributed by atoms with Crippen molar-refractivity contribution in [2.24, 2.45) is 35.5 Å². The van der Waals surface area contributed by atoms with Gasteiger partial charge in [-0.1, -0.05) is 18.2 Å². The maximum atomic E-state index is 5.11. The molecule has 8 bridgehead atoms. The minimum Gasteiger partial charge on any atom is -0.300 e. The maximum Gasteiger partial charge on any atom is 2.00 e. The first-order chi connectivity index (χ1) is 22.9. The van der Waals surface area contributed by atoms with Crippen LogP contribution in [0.15, 0.2) is 85.1 Å². The van der Waals surface area contributed by atoms with Gasteiger partial charge in [-0.05, 0) is 161 Å². The molecule has 8 fully saturated rings. The normalized spacial score (nSPS) is 33.9. The van der Waals surface area contributed by atoms with Crippen LogP contribution in [0.5, 0.6) is 0 Å². The molecule has 0 amide bonds. The van der Waals surface area contributed by atoms with Crippen molar-refractivity contribution in [1.82, 2.24) is 9.97 Å². The number of aromatic nitrogens is 2. The molecular formula is C45H50N2Pt. The third-order valence-corrected chi connectivity index (χ3v) is 13.8. The summed E-state index contributed by atoms with van der Waals surface area (Å²) in [6.45, 7) is 4.41. The summed E-state index contributed by atoms with van der Waals surface area (Å²) in [6.07, 6.45) is 19.5. The molecule has 0 radical (unpaired) electrons. The minimum atomic E-state index is -0.241. The molecule has 0 aliphatic heterocycles. The van der Waals surface area contributed by atoms with Crippen LogP contribution in [0.25, 0.3) is 11.3 Å². The molecule has 0 unspecified atom stereocenters. The summed E-state index contributed by atoms with van der Waals surface area (Å²) in [5.74, 6) is 6.03. The molecule has 0 N–H and O–H groups in total. The Kier molecular flexibility index (Phi) is 8.59. The van der Waals surface area contributed by atoms with E-state index in [1.54, 1.807) is 5.56 Å². The second-order valence-electron chi connectivity index (χ2n) is 17.4. The Morgan fingerprint density at radius 3 is 1.67 bits per heavy atom. The summed E-state index contributed by atoms with van der Waals surface area (Å²) < 4.78 is 0. The van der Waals surface area contributed by atoms with Gasteiger partial charge < -0.3 is 4.98 Å². The monoisotopic (exact) mass is 813 g/mol. The van der Waals surface area contributed by atoms with E-state index in [0.29, 0.717) is 10.8 Å². The van der Waals surface area contributed by atoms with Gasteiger partial charge in [-0.15, -0.1) is 35.4 Å². The van der Waals surface area contributed by atoms with Crippen LogP contribution in [0.1, 0.15) is 113 Å². The predicted molar refractivity (Wildman–Crippen MR) is 190 cm³/mol. The fourth-order valence-corrected chi connectivity index (χ4v) is 12.4. The second-order valence-corrected chi connectivity index (χ2v) is 17.4. The number of benzene rings is 2. The van der Waals surface area contributed by atoms with Crippen molar-refractivity contribution in [3.05, 3.63) is 120 Å². The van der Waals surface area contributed by atoms with Gasteiger partial charge in [-0.3, -0.25) is 4.98 Å². The molecule has 2 aromatic carbocycles. The molecule has 0 atom stereocenters. The van der Waals surface area contributed by atoms with Gasteiger partial charge in [0.1, 0.15) is 0 Å². The standard InChI is InChI=1S/C29H31N2.C16H19.Pt/c1-28(2,26-10-3-4-12-30-26)27-11-6-9-25(31-27)23-7-5-8-24(16-23)29-17-20-13-21(18-29)15-22(14-20)19-29;1-2-4-15(5-3-1)16-9-12-6-13(10-16)8-14(7-12)11-16;/h3-6,8-12,16,20-22H,13-15,17-19H2,1-2H3;2-5,12-14H,6-11H2;/q2*-1;+2. The third kappa shape index (κ3) is 5.87. The van der Waals surface area contributed by atoms with E-state index >= 15 is 0 Å². The number of hydrogen-bond donors (Lipinski definition) is 0. The Balaban J connectivity index is 0.000000166. The molecule has 12 rings (SSSR count). The molecule has 2 nitrogen and oxygen atoms in total. The first-order valence-electron chi connectivity index (χ1n) is 18.7. The van der Waals surface area contributed by atoms with E-state index in [2.05, 4.69) is 104 Å². The topological polar surface area (TPSA) is 25.8 Å². The molecular weight excluding hydrogens is 764 g/mol. The second kappa shape index (κ2) is 12.6. The van der Waals surface area contributed by atoms with Crippen molar-refractivity contribution in [2.45, 2.75) is 107 Å². The zero-order valence-electron chi connectivity index (χ0n) is 28.7. The summed E-state index contributed by atoms with van der Waals surface area (Å²) in [5, 5.41) is 0. The fourth-order valence-electron chi connectivity index (χ4n) is 12.4. The van der Waals surface area contributed by atoms with Crippen LogP contribution in [0.2, 0.25) is 0 Å². The summed E-state index contributed by atoms with van der Waals surface area (Å²) in [5.41, 5.74) is 8.15. The SMILES string of the molecule is CC(C)(c1ccccn1)c1cccc(-c2[c-]ccc(C34CC5CC(CC(C5)C3)C4)c2)n1.[Pt+2].[c-]1ccc(C23CC4CC(CC(C4)C2)C3)cc1. The Morgan fingerprint density at radius 1 is 0.604 bits per heavy atom. The van der Waals surface area contributed by atoms with Crippen LogP contribution in [-0.2, 0) is 37.3 Å². The van der Waals surface area contributed by atoms with E-state index in [9.17, 15) is 0 Å². The van der Waals surface area contributed by atoms with Crippen LogP contribution >= 0.6 is 0 Å². The van der Waals surface area contributed by atoms with Crippen LogP contribution in [0.4, 0.5) is 0 Å². The van der Waals surface area contributed by atoms with Gasteiger partial charge in [0, 0.05) is 17.3 Å². The molecule has 2 heterocycles. The fraction of sp³-hybridized carbons (Fsp3) is 0.511. The van der Waals surface area contributed by atoms with E-state index in [0.717, 1.165) is 58.2 Å². The molecule has 8 saturated carbocycles. The van der Waals surface area contributed by atoms with E-state index in [4.69, 9.17) is 4.98 Å². The van der Waals surface area contributed by atoms with Gasteiger partial charge in [-0.25, -0.2) is 0 Å². The number of nitrogens with zero attached hydrogens (tertiary/aromatic N) is 2. The molecule has 8 aliphatic rings. The van der Waals surface area contributed by atoms with Crippen LogP contribution in [0.3, 0.4) is 0 Å². The van der Waals surface area contributed by atoms with Gasteiger partial charge >= 0.3 is 21.1 Å².